The van der Waals surface area contributed by atoms with E-state index in [1.54, 1.807) is 16.8 Å². The number of hydrogen-bond acceptors (Lipinski definition) is 3. The van der Waals surface area contributed by atoms with Crippen molar-refractivity contribution in [1.29, 1.82) is 0 Å². The van der Waals surface area contributed by atoms with Crippen LogP contribution in [0.2, 0.25) is 5.02 Å². The first-order valence-electron chi connectivity index (χ1n) is 6.84. The van der Waals surface area contributed by atoms with Crippen molar-refractivity contribution in [2.45, 2.75) is 13.8 Å². The van der Waals surface area contributed by atoms with Crippen molar-refractivity contribution in [2.24, 2.45) is 0 Å². The third-order valence-electron chi connectivity index (χ3n) is 3.64. The lowest BCUT2D eigenvalue weighted by Gasteiger charge is -2.09. The van der Waals surface area contributed by atoms with Gasteiger partial charge in [-0.2, -0.15) is 0 Å². The Morgan fingerprint density at radius 1 is 1.09 bits per heavy atom. The maximum absolute atomic E-state index is 11.3. The van der Waals surface area contributed by atoms with Gasteiger partial charge in [0.15, 0.2) is 12.0 Å². The summed E-state index contributed by atoms with van der Waals surface area (Å²) in [6.07, 6.45) is 0.709. The van der Waals surface area contributed by atoms with E-state index >= 15 is 0 Å². The highest BCUT2D eigenvalue weighted by Gasteiger charge is 2.16. The van der Waals surface area contributed by atoms with Crippen LogP contribution in [0.1, 0.15) is 21.6 Å². The van der Waals surface area contributed by atoms with Gasteiger partial charge >= 0.3 is 0 Å². The maximum Gasteiger partial charge on any atom is 0.172 e. The van der Waals surface area contributed by atoms with Crippen LogP contribution in [0.3, 0.4) is 0 Å². The van der Waals surface area contributed by atoms with Gasteiger partial charge in [-0.25, -0.2) is 4.68 Å². The minimum atomic E-state index is 0.292. The van der Waals surface area contributed by atoms with Crippen LogP contribution >= 0.6 is 11.6 Å². The summed E-state index contributed by atoms with van der Waals surface area (Å²) in [4.78, 5) is 11.3. The van der Waals surface area contributed by atoms with Gasteiger partial charge in [0.05, 0.1) is 5.69 Å². The zero-order chi connectivity index (χ0) is 15.7. The molecule has 1 heterocycles. The summed E-state index contributed by atoms with van der Waals surface area (Å²) in [7, 11) is 0. The number of halogens is 1. The van der Waals surface area contributed by atoms with E-state index in [9.17, 15) is 4.79 Å². The average Bonchev–Trinajstić information content (AvgIpc) is 2.94. The summed E-state index contributed by atoms with van der Waals surface area (Å²) in [5.74, 6) is 0. The second-order valence-electron chi connectivity index (χ2n) is 5.13. The van der Waals surface area contributed by atoms with Crippen molar-refractivity contribution < 1.29 is 4.79 Å². The summed E-state index contributed by atoms with van der Waals surface area (Å²) in [5.41, 5.74) is 4.94. The van der Waals surface area contributed by atoms with Crippen molar-refractivity contribution in [3.63, 3.8) is 0 Å². The van der Waals surface area contributed by atoms with Gasteiger partial charge < -0.3 is 0 Å². The van der Waals surface area contributed by atoms with Crippen molar-refractivity contribution in [2.75, 3.05) is 0 Å². The highest BCUT2D eigenvalue weighted by atomic mass is 35.5. The van der Waals surface area contributed by atoms with Gasteiger partial charge in [0.1, 0.15) is 5.69 Å². The van der Waals surface area contributed by atoms with Gasteiger partial charge in [0.2, 0.25) is 0 Å². The summed E-state index contributed by atoms with van der Waals surface area (Å²) in [5, 5.41) is 8.70. The lowest BCUT2D eigenvalue weighted by molar-refractivity contribution is 0.111. The van der Waals surface area contributed by atoms with Crippen LogP contribution in [0.4, 0.5) is 0 Å². The molecule has 0 radical (unpaired) electrons. The fraction of sp³-hybridized carbons (Fsp3) is 0.118. The molecule has 0 saturated heterocycles. The van der Waals surface area contributed by atoms with Crippen molar-refractivity contribution in [3.8, 4) is 16.9 Å². The van der Waals surface area contributed by atoms with Crippen LogP contribution in [-0.4, -0.2) is 21.3 Å². The van der Waals surface area contributed by atoms with Gasteiger partial charge in [-0.05, 0) is 49.2 Å². The number of hydrogen-bond donors (Lipinski definition) is 0. The normalized spacial score (nSPS) is 10.7. The minimum absolute atomic E-state index is 0.292. The molecule has 0 bridgehead atoms. The first kappa shape index (κ1) is 14.5. The van der Waals surface area contributed by atoms with E-state index in [0.717, 1.165) is 16.8 Å². The molecule has 0 spiro atoms. The Morgan fingerprint density at radius 3 is 2.59 bits per heavy atom. The largest absolute Gasteiger partial charge is 0.296 e. The van der Waals surface area contributed by atoms with E-state index in [4.69, 9.17) is 11.6 Å². The summed E-state index contributed by atoms with van der Waals surface area (Å²) < 4.78 is 1.67. The third kappa shape index (κ3) is 2.53. The highest BCUT2D eigenvalue weighted by Crippen LogP contribution is 2.27. The topological polar surface area (TPSA) is 47.8 Å². The van der Waals surface area contributed by atoms with Crippen LogP contribution in [0.15, 0.2) is 42.5 Å². The SMILES string of the molecule is Cc1ccc(-n2nnc(C=O)c2-c2cccc(Cl)c2)cc1C. The van der Waals surface area contributed by atoms with Gasteiger partial charge in [-0.15, -0.1) is 5.10 Å². The van der Waals surface area contributed by atoms with Crippen molar-refractivity contribution >= 4 is 17.9 Å². The summed E-state index contributed by atoms with van der Waals surface area (Å²) >= 11 is 6.06. The smallest absolute Gasteiger partial charge is 0.172 e. The molecule has 0 saturated carbocycles. The molecule has 110 valence electrons. The number of aryl methyl sites for hydroxylation is 2. The number of rotatable bonds is 3. The molecule has 0 aliphatic carbocycles. The molecular weight excluding hydrogens is 298 g/mol. The van der Waals surface area contributed by atoms with Gasteiger partial charge in [0.25, 0.3) is 0 Å². The molecule has 22 heavy (non-hydrogen) atoms. The third-order valence-corrected chi connectivity index (χ3v) is 3.88. The van der Waals surface area contributed by atoms with E-state index in [1.165, 1.54) is 5.56 Å². The maximum atomic E-state index is 11.3. The molecular formula is C17H14ClN3O. The van der Waals surface area contributed by atoms with E-state index in [-0.39, 0.29) is 0 Å². The average molecular weight is 312 g/mol. The molecule has 3 rings (SSSR count). The molecule has 4 nitrogen and oxygen atoms in total. The molecule has 2 aromatic carbocycles. The first-order chi connectivity index (χ1) is 10.6. The Bertz CT molecular complexity index is 855. The fourth-order valence-electron chi connectivity index (χ4n) is 2.32. The fourth-order valence-corrected chi connectivity index (χ4v) is 2.51. The lowest BCUT2D eigenvalue weighted by Crippen LogP contribution is -2.01. The molecule has 0 atom stereocenters. The van der Waals surface area contributed by atoms with Crippen LogP contribution in [0, 0.1) is 13.8 Å². The monoisotopic (exact) mass is 311 g/mol. The molecule has 0 fully saturated rings. The minimum Gasteiger partial charge on any atom is -0.296 e. The molecule has 0 amide bonds. The number of carbonyl (C=O) groups is 1. The van der Waals surface area contributed by atoms with Gasteiger partial charge in [-0.3, -0.25) is 4.79 Å². The first-order valence-corrected chi connectivity index (χ1v) is 7.22. The summed E-state index contributed by atoms with van der Waals surface area (Å²) in [6, 6.07) is 13.3. The number of nitrogens with zero attached hydrogens (tertiary/aromatic N) is 3. The van der Waals surface area contributed by atoms with E-state index in [1.807, 2.05) is 37.3 Å². The van der Waals surface area contributed by atoms with Gasteiger partial charge in [0, 0.05) is 10.6 Å². The van der Waals surface area contributed by atoms with E-state index < -0.39 is 0 Å². The molecule has 3 aromatic rings. The number of carbonyl (C=O) groups excluding carboxylic acids is 1. The Morgan fingerprint density at radius 2 is 1.91 bits per heavy atom. The Labute approximate surface area is 133 Å². The Balaban J connectivity index is 2.23. The predicted molar refractivity (Wildman–Crippen MR) is 86.7 cm³/mol. The second kappa shape index (κ2) is 5.73. The zero-order valence-corrected chi connectivity index (χ0v) is 13.0. The van der Waals surface area contributed by atoms with Crippen LogP contribution in [0.25, 0.3) is 16.9 Å². The highest BCUT2D eigenvalue weighted by molar-refractivity contribution is 6.30. The lowest BCUT2D eigenvalue weighted by atomic mass is 10.1. The van der Waals surface area contributed by atoms with Crippen molar-refractivity contribution in [3.05, 3.63) is 64.3 Å². The van der Waals surface area contributed by atoms with Gasteiger partial charge in [-0.1, -0.05) is 35.0 Å². The van der Waals surface area contributed by atoms with E-state index in [0.29, 0.717) is 22.7 Å². The molecule has 0 N–H and O–H groups in total. The molecule has 5 heteroatoms. The second-order valence-corrected chi connectivity index (χ2v) is 5.57. The molecule has 1 aromatic heterocycles. The molecule has 0 aliphatic heterocycles. The number of benzene rings is 2. The number of aromatic nitrogens is 3. The van der Waals surface area contributed by atoms with Crippen molar-refractivity contribution in [1.82, 2.24) is 15.0 Å². The Hall–Kier alpha value is -2.46. The Kier molecular flexibility index (Phi) is 3.77. The summed E-state index contributed by atoms with van der Waals surface area (Å²) in [6.45, 7) is 4.09. The zero-order valence-electron chi connectivity index (χ0n) is 12.2. The number of aldehydes is 1. The van der Waals surface area contributed by atoms with Crippen LogP contribution in [-0.2, 0) is 0 Å². The standard InChI is InChI=1S/C17H14ClN3O/c1-11-6-7-15(8-12(11)2)21-17(16(10-22)19-20-21)13-4-3-5-14(18)9-13/h3-10H,1-2H3. The molecule has 0 aliphatic rings. The molecule has 0 unspecified atom stereocenters. The quantitative estimate of drug-likeness (QED) is 0.686. The van der Waals surface area contributed by atoms with Crippen LogP contribution in [0.5, 0.6) is 0 Å². The van der Waals surface area contributed by atoms with Crippen LogP contribution < -0.4 is 0 Å². The van der Waals surface area contributed by atoms with E-state index in [2.05, 4.69) is 17.2 Å². The predicted octanol–water partition coefficient (Wildman–Crippen LogP) is 4.02.